The number of halogens is 3. The van der Waals surface area contributed by atoms with Crippen molar-refractivity contribution >= 4 is 0 Å². The SMILES string of the molecule is Cc1c(-c2nc3n(n2)C[C@H](c2ccc(C(F)(F)F)cc2)CC3)[nH]c2c(c1=O)CCCC2. The zero-order valence-corrected chi connectivity index (χ0v) is 17.2. The van der Waals surface area contributed by atoms with Crippen molar-refractivity contribution in [1.29, 1.82) is 0 Å². The number of nitrogens with zero attached hydrogens (tertiary/aromatic N) is 3. The Balaban J connectivity index is 1.43. The summed E-state index contributed by atoms with van der Waals surface area (Å²) >= 11 is 0. The average Bonchev–Trinajstić information content (AvgIpc) is 3.19. The molecule has 1 aromatic carbocycles. The van der Waals surface area contributed by atoms with Crippen LogP contribution in [0.1, 0.15) is 59.0 Å². The summed E-state index contributed by atoms with van der Waals surface area (Å²) < 4.78 is 40.4. The number of H-pyrrole nitrogens is 1. The number of aromatic nitrogens is 4. The molecule has 3 heterocycles. The van der Waals surface area contributed by atoms with Crippen LogP contribution in [-0.4, -0.2) is 19.7 Å². The largest absolute Gasteiger partial charge is 0.416 e. The van der Waals surface area contributed by atoms with E-state index in [9.17, 15) is 18.0 Å². The predicted octanol–water partition coefficient (Wildman–Crippen LogP) is 4.57. The Labute approximate surface area is 177 Å². The smallest absolute Gasteiger partial charge is 0.355 e. The fourth-order valence-corrected chi connectivity index (χ4v) is 4.73. The number of hydrogen-bond donors (Lipinski definition) is 1. The van der Waals surface area contributed by atoms with Crippen molar-refractivity contribution in [3.8, 4) is 11.5 Å². The van der Waals surface area contributed by atoms with Crippen molar-refractivity contribution in [2.45, 2.75) is 64.1 Å². The lowest BCUT2D eigenvalue weighted by Crippen LogP contribution is -2.21. The van der Waals surface area contributed by atoms with Crippen LogP contribution in [0.2, 0.25) is 0 Å². The molecule has 8 heteroatoms. The number of benzene rings is 1. The minimum absolute atomic E-state index is 0.0769. The Bertz CT molecular complexity index is 1190. The molecule has 0 saturated heterocycles. The standard InChI is InChI=1S/C23H23F3N4O/c1-13-20(27-18-5-3-2-4-17(18)21(13)31)22-28-19-11-8-15(12-30(19)29-22)14-6-9-16(10-7-14)23(24,25)26/h6-7,9-10,15H,2-5,8,11-12H2,1H3,(H,27,31)/t15-/m1/s1. The van der Waals surface area contributed by atoms with Crippen molar-refractivity contribution in [3.05, 3.63) is 68.3 Å². The van der Waals surface area contributed by atoms with Crippen LogP contribution in [0, 0.1) is 6.92 Å². The Morgan fingerprint density at radius 3 is 2.58 bits per heavy atom. The van der Waals surface area contributed by atoms with E-state index < -0.39 is 11.7 Å². The Morgan fingerprint density at radius 2 is 1.84 bits per heavy atom. The van der Waals surface area contributed by atoms with Gasteiger partial charge in [0, 0.05) is 35.7 Å². The molecule has 1 aliphatic carbocycles. The van der Waals surface area contributed by atoms with Gasteiger partial charge in [-0.2, -0.15) is 13.2 Å². The molecule has 0 unspecified atom stereocenters. The van der Waals surface area contributed by atoms with E-state index in [0.29, 0.717) is 30.0 Å². The van der Waals surface area contributed by atoms with Gasteiger partial charge in [0.25, 0.3) is 0 Å². The number of pyridine rings is 1. The number of aryl methyl sites for hydroxylation is 2. The Hall–Kier alpha value is -2.90. The molecule has 2 aromatic heterocycles. The molecule has 162 valence electrons. The normalized spacial score (nSPS) is 18.5. The number of hydrogen-bond acceptors (Lipinski definition) is 3. The molecule has 0 fully saturated rings. The highest BCUT2D eigenvalue weighted by molar-refractivity contribution is 5.56. The number of rotatable bonds is 2. The van der Waals surface area contributed by atoms with Gasteiger partial charge in [-0.05, 0) is 56.7 Å². The van der Waals surface area contributed by atoms with Crippen LogP contribution in [0.15, 0.2) is 29.1 Å². The second-order valence-electron chi connectivity index (χ2n) is 8.51. The fraction of sp³-hybridized carbons (Fsp3) is 0.435. The zero-order chi connectivity index (χ0) is 21.8. The summed E-state index contributed by atoms with van der Waals surface area (Å²) in [6.07, 6.45) is 0.929. The van der Waals surface area contributed by atoms with E-state index in [2.05, 4.69) is 15.1 Å². The summed E-state index contributed by atoms with van der Waals surface area (Å²) in [6.45, 7) is 2.37. The lowest BCUT2D eigenvalue weighted by Gasteiger charge is -2.23. The Morgan fingerprint density at radius 1 is 1.10 bits per heavy atom. The van der Waals surface area contributed by atoms with Crippen LogP contribution in [0.3, 0.4) is 0 Å². The van der Waals surface area contributed by atoms with Gasteiger partial charge >= 0.3 is 6.18 Å². The van der Waals surface area contributed by atoms with Gasteiger partial charge in [-0.3, -0.25) is 4.79 Å². The van der Waals surface area contributed by atoms with Gasteiger partial charge < -0.3 is 4.98 Å². The van der Waals surface area contributed by atoms with Crippen molar-refractivity contribution in [2.75, 3.05) is 0 Å². The van der Waals surface area contributed by atoms with Crippen LogP contribution < -0.4 is 5.43 Å². The third-order valence-corrected chi connectivity index (χ3v) is 6.52. The van der Waals surface area contributed by atoms with Gasteiger partial charge in [0.1, 0.15) is 5.82 Å². The molecule has 0 radical (unpaired) electrons. The first-order chi connectivity index (χ1) is 14.8. The summed E-state index contributed by atoms with van der Waals surface area (Å²) in [4.78, 5) is 20.9. The average molecular weight is 428 g/mol. The summed E-state index contributed by atoms with van der Waals surface area (Å²) in [5.41, 5.74) is 3.52. The van der Waals surface area contributed by atoms with E-state index in [-0.39, 0.29) is 11.3 Å². The molecule has 0 amide bonds. The number of alkyl halides is 3. The number of nitrogens with one attached hydrogen (secondary N) is 1. The summed E-state index contributed by atoms with van der Waals surface area (Å²) in [6, 6.07) is 5.39. The van der Waals surface area contributed by atoms with Gasteiger partial charge in [-0.25, -0.2) is 9.67 Å². The van der Waals surface area contributed by atoms with Crippen LogP contribution in [0.25, 0.3) is 11.5 Å². The first kappa shape index (κ1) is 20.0. The molecular weight excluding hydrogens is 405 g/mol. The van der Waals surface area contributed by atoms with Gasteiger partial charge in [0.15, 0.2) is 11.3 Å². The van der Waals surface area contributed by atoms with E-state index in [1.165, 1.54) is 0 Å². The molecule has 1 aliphatic heterocycles. The summed E-state index contributed by atoms with van der Waals surface area (Å²) in [5, 5.41) is 4.66. The summed E-state index contributed by atoms with van der Waals surface area (Å²) in [7, 11) is 0. The van der Waals surface area contributed by atoms with Crippen molar-refractivity contribution < 1.29 is 13.2 Å². The maximum absolute atomic E-state index is 12.8. The second-order valence-corrected chi connectivity index (χ2v) is 8.51. The molecule has 31 heavy (non-hydrogen) atoms. The molecule has 3 aromatic rings. The van der Waals surface area contributed by atoms with E-state index in [1.807, 2.05) is 11.6 Å². The highest BCUT2D eigenvalue weighted by Gasteiger charge is 2.31. The molecular formula is C23H23F3N4O. The van der Waals surface area contributed by atoms with Crippen molar-refractivity contribution in [3.63, 3.8) is 0 Å². The first-order valence-corrected chi connectivity index (χ1v) is 10.7. The molecule has 1 atom stereocenters. The van der Waals surface area contributed by atoms with E-state index in [1.54, 1.807) is 12.1 Å². The fourth-order valence-electron chi connectivity index (χ4n) is 4.73. The molecule has 0 saturated carbocycles. The van der Waals surface area contributed by atoms with E-state index in [0.717, 1.165) is 66.9 Å². The lowest BCUT2D eigenvalue weighted by atomic mass is 9.91. The van der Waals surface area contributed by atoms with Crippen molar-refractivity contribution in [2.24, 2.45) is 0 Å². The molecule has 5 rings (SSSR count). The third kappa shape index (κ3) is 3.58. The summed E-state index contributed by atoms with van der Waals surface area (Å²) in [5.74, 6) is 1.44. The highest BCUT2D eigenvalue weighted by Crippen LogP contribution is 2.33. The molecule has 0 spiro atoms. The maximum atomic E-state index is 12.8. The van der Waals surface area contributed by atoms with Gasteiger partial charge in [0.05, 0.1) is 11.3 Å². The van der Waals surface area contributed by atoms with Crippen LogP contribution in [0.4, 0.5) is 13.2 Å². The number of aromatic amines is 1. The third-order valence-electron chi connectivity index (χ3n) is 6.52. The predicted molar refractivity (Wildman–Crippen MR) is 110 cm³/mol. The topological polar surface area (TPSA) is 63.6 Å². The van der Waals surface area contributed by atoms with E-state index in [4.69, 9.17) is 0 Å². The Kier molecular flexibility index (Phi) is 4.75. The van der Waals surface area contributed by atoms with E-state index >= 15 is 0 Å². The second kappa shape index (κ2) is 7.35. The minimum atomic E-state index is -4.33. The molecule has 0 bridgehead atoms. The first-order valence-electron chi connectivity index (χ1n) is 10.7. The quantitative estimate of drug-likeness (QED) is 0.650. The van der Waals surface area contributed by atoms with Crippen LogP contribution in [0.5, 0.6) is 0 Å². The van der Waals surface area contributed by atoms with Gasteiger partial charge in [-0.15, -0.1) is 5.10 Å². The molecule has 2 aliphatic rings. The lowest BCUT2D eigenvalue weighted by molar-refractivity contribution is -0.137. The maximum Gasteiger partial charge on any atom is 0.416 e. The number of fused-ring (bicyclic) bond motifs is 2. The van der Waals surface area contributed by atoms with Crippen molar-refractivity contribution in [1.82, 2.24) is 19.7 Å². The molecule has 5 nitrogen and oxygen atoms in total. The minimum Gasteiger partial charge on any atom is -0.355 e. The van der Waals surface area contributed by atoms with Gasteiger partial charge in [0.2, 0.25) is 0 Å². The highest BCUT2D eigenvalue weighted by atomic mass is 19.4. The van der Waals surface area contributed by atoms with Crippen LogP contribution >= 0.6 is 0 Å². The van der Waals surface area contributed by atoms with Crippen LogP contribution in [-0.2, 0) is 32.0 Å². The monoisotopic (exact) mass is 428 g/mol. The zero-order valence-electron chi connectivity index (χ0n) is 17.2. The van der Waals surface area contributed by atoms with Gasteiger partial charge in [-0.1, -0.05) is 12.1 Å². The molecule has 1 N–H and O–H groups in total.